The Morgan fingerprint density at radius 1 is 0.967 bits per heavy atom. The van der Waals surface area contributed by atoms with E-state index in [4.69, 9.17) is 10.5 Å². The molecule has 1 saturated heterocycles. The molecule has 156 valence electrons. The van der Waals surface area contributed by atoms with E-state index < -0.39 is 0 Å². The van der Waals surface area contributed by atoms with Gasteiger partial charge in [-0.15, -0.1) is 24.0 Å². The molecule has 3 N–H and O–H groups in total. The Balaban J connectivity index is 0.00000256. The van der Waals surface area contributed by atoms with Crippen molar-refractivity contribution in [3.8, 4) is 11.5 Å². The van der Waals surface area contributed by atoms with Crippen LogP contribution in [0.5, 0.6) is 11.5 Å². The number of nitrogens with two attached hydrogens (primary N) is 1. The highest BCUT2D eigenvalue weighted by atomic mass is 127. The molecule has 1 heterocycles. The molecule has 5 nitrogen and oxygen atoms in total. The number of aliphatic imine (C=N–C) groups is 1. The van der Waals surface area contributed by atoms with Gasteiger partial charge in [0.15, 0.2) is 5.96 Å². The summed E-state index contributed by atoms with van der Waals surface area (Å²) < 4.78 is 5.87. The van der Waals surface area contributed by atoms with Gasteiger partial charge in [0, 0.05) is 37.1 Å². The van der Waals surface area contributed by atoms with E-state index in [9.17, 15) is 0 Å². The Morgan fingerprint density at radius 3 is 2.43 bits per heavy atom. The number of halogens is 1. The van der Waals surface area contributed by atoms with Crippen molar-refractivity contribution in [3.05, 3.63) is 84.9 Å². The average Bonchev–Trinajstić information content (AvgIpc) is 3.23. The van der Waals surface area contributed by atoms with Gasteiger partial charge in [-0.1, -0.05) is 42.5 Å². The second-order valence-electron chi connectivity index (χ2n) is 7.23. The lowest BCUT2D eigenvalue weighted by Crippen LogP contribution is -2.25. The number of para-hydroxylation sites is 2. The van der Waals surface area contributed by atoms with E-state index in [-0.39, 0.29) is 24.0 Å². The van der Waals surface area contributed by atoms with E-state index in [1.165, 1.54) is 5.69 Å². The fraction of sp³-hybridized carbons (Fsp3) is 0.208. The highest BCUT2D eigenvalue weighted by molar-refractivity contribution is 14.0. The SMILES string of the molecule is I.NC(=NCC1CCN(c2ccccc2)C1)Nc1cccc(Oc2ccccc2)c1. The molecule has 0 amide bonds. The molecule has 4 rings (SSSR count). The van der Waals surface area contributed by atoms with E-state index in [0.29, 0.717) is 11.9 Å². The minimum atomic E-state index is 0. The van der Waals surface area contributed by atoms with Crippen LogP contribution in [0.1, 0.15) is 6.42 Å². The van der Waals surface area contributed by atoms with E-state index in [0.717, 1.165) is 43.2 Å². The highest BCUT2D eigenvalue weighted by Crippen LogP contribution is 2.25. The molecule has 1 fully saturated rings. The second-order valence-corrected chi connectivity index (χ2v) is 7.23. The summed E-state index contributed by atoms with van der Waals surface area (Å²) in [5.74, 6) is 2.50. The molecule has 3 aromatic carbocycles. The zero-order chi connectivity index (χ0) is 19.9. The Bertz CT molecular complexity index is 950. The summed E-state index contributed by atoms with van der Waals surface area (Å²) in [5, 5.41) is 3.17. The molecular weight excluding hydrogens is 487 g/mol. The lowest BCUT2D eigenvalue weighted by Gasteiger charge is -2.18. The predicted octanol–water partition coefficient (Wildman–Crippen LogP) is 5.35. The molecule has 1 atom stereocenters. The minimum Gasteiger partial charge on any atom is -0.457 e. The highest BCUT2D eigenvalue weighted by Gasteiger charge is 2.22. The third-order valence-corrected chi connectivity index (χ3v) is 5.01. The molecule has 0 spiro atoms. The number of rotatable bonds is 6. The van der Waals surface area contributed by atoms with E-state index >= 15 is 0 Å². The van der Waals surface area contributed by atoms with E-state index in [1.54, 1.807) is 0 Å². The van der Waals surface area contributed by atoms with Crippen LogP contribution >= 0.6 is 24.0 Å². The number of ether oxygens (including phenoxy) is 1. The fourth-order valence-electron chi connectivity index (χ4n) is 3.53. The van der Waals surface area contributed by atoms with Gasteiger partial charge < -0.3 is 20.7 Å². The van der Waals surface area contributed by atoms with Gasteiger partial charge >= 0.3 is 0 Å². The molecule has 0 bridgehead atoms. The maximum Gasteiger partial charge on any atom is 0.193 e. The molecule has 1 unspecified atom stereocenters. The van der Waals surface area contributed by atoms with Crippen molar-refractivity contribution < 1.29 is 4.74 Å². The van der Waals surface area contributed by atoms with Crippen molar-refractivity contribution in [1.82, 2.24) is 0 Å². The average molecular weight is 514 g/mol. The van der Waals surface area contributed by atoms with Crippen LogP contribution in [0.15, 0.2) is 89.9 Å². The van der Waals surface area contributed by atoms with Crippen LogP contribution in [0.2, 0.25) is 0 Å². The van der Waals surface area contributed by atoms with Gasteiger partial charge in [0.2, 0.25) is 0 Å². The first kappa shape index (κ1) is 22.0. The molecule has 1 aliphatic heterocycles. The molecule has 3 aromatic rings. The van der Waals surface area contributed by atoms with Crippen molar-refractivity contribution in [2.45, 2.75) is 6.42 Å². The standard InChI is InChI=1S/C24H26N4O.HI/c25-24(26-17-19-14-15-28(18-19)21-9-3-1-4-10-21)27-20-8-7-13-23(16-20)29-22-11-5-2-6-12-22;/h1-13,16,19H,14-15,17-18H2,(H3,25,26,27);1H. The lowest BCUT2D eigenvalue weighted by atomic mass is 10.1. The molecule has 6 heteroatoms. The maximum atomic E-state index is 6.12. The molecule has 0 radical (unpaired) electrons. The quantitative estimate of drug-likeness (QED) is 0.265. The number of benzene rings is 3. The summed E-state index contributed by atoms with van der Waals surface area (Å²) in [5.41, 5.74) is 8.25. The number of guanidine groups is 1. The maximum absolute atomic E-state index is 6.12. The molecule has 1 aliphatic rings. The predicted molar refractivity (Wildman–Crippen MR) is 135 cm³/mol. The van der Waals surface area contributed by atoms with Crippen LogP contribution in [0.3, 0.4) is 0 Å². The van der Waals surface area contributed by atoms with Crippen molar-refractivity contribution in [3.63, 3.8) is 0 Å². The molecular formula is C24H27IN4O. The van der Waals surface area contributed by atoms with Crippen LogP contribution in [-0.2, 0) is 0 Å². The van der Waals surface area contributed by atoms with Gasteiger partial charge in [-0.2, -0.15) is 0 Å². The van der Waals surface area contributed by atoms with Crippen molar-refractivity contribution in [2.24, 2.45) is 16.6 Å². The summed E-state index contributed by atoms with van der Waals surface area (Å²) in [6.45, 7) is 2.81. The van der Waals surface area contributed by atoms with Crippen LogP contribution in [-0.4, -0.2) is 25.6 Å². The fourth-order valence-corrected chi connectivity index (χ4v) is 3.53. The van der Waals surface area contributed by atoms with Gasteiger partial charge in [-0.3, -0.25) is 4.99 Å². The van der Waals surface area contributed by atoms with Gasteiger partial charge in [-0.05, 0) is 48.7 Å². The minimum absolute atomic E-state index is 0. The van der Waals surface area contributed by atoms with Crippen molar-refractivity contribution >= 4 is 41.3 Å². The normalized spacial score (nSPS) is 16.1. The van der Waals surface area contributed by atoms with Crippen LogP contribution in [0, 0.1) is 5.92 Å². The molecule has 0 aliphatic carbocycles. The van der Waals surface area contributed by atoms with Crippen LogP contribution in [0.4, 0.5) is 11.4 Å². The summed E-state index contributed by atoms with van der Waals surface area (Å²) in [6, 6.07) is 28.0. The van der Waals surface area contributed by atoms with Crippen LogP contribution < -0.4 is 20.7 Å². The largest absolute Gasteiger partial charge is 0.457 e. The molecule has 0 aromatic heterocycles. The summed E-state index contributed by atoms with van der Waals surface area (Å²) in [4.78, 5) is 6.97. The number of anilines is 2. The first-order valence-corrected chi connectivity index (χ1v) is 9.96. The van der Waals surface area contributed by atoms with Crippen molar-refractivity contribution in [2.75, 3.05) is 29.9 Å². The first-order valence-electron chi connectivity index (χ1n) is 9.96. The van der Waals surface area contributed by atoms with Gasteiger partial charge in [-0.25, -0.2) is 0 Å². The van der Waals surface area contributed by atoms with Crippen LogP contribution in [0.25, 0.3) is 0 Å². The van der Waals surface area contributed by atoms with E-state index in [1.807, 2.05) is 60.7 Å². The Kier molecular flexibility index (Phi) is 7.96. The molecule has 0 saturated carbocycles. The number of hydrogen-bond acceptors (Lipinski definition) is 3. The number of nitrogens with zero attached hydrogens (tertiary/aromatic N) is 2. The Hall–Kier alpha value is -2.74. The molecule has 30 heavy (non-hydrogen) atoms. The third-order valence-electron chi connectivity index (χ3n) is 5.01. The number of nitrogens with one attached hydrogen (secondary N) is 1. The Labute approximate surface area is 195 Å². The monoisotopic (exact) mass is 514 g/mol. The van der Waals surface area contributed by atoms with Gasteiger partial charge in [0.1, 0.15) is 11.5 Å². The third kappa shape index (κ3) is 6.13. The second kappa shape index (κ2) is 10.9. The summed E-state index contributed by atoms with van der Waals surface area (Å²) in [6.07, 6.45) is 1.13. The van der Waals surface area contributed by atoms with E-state index in [2.05, 4.69) is 39.5 Å². The van der Waals surface area contributed by atoms with Gasteiger partial charge in [0.05, 0.1) is 0 Å². The smallest absolute Gasteiger partial charge is 0.193 e. The Morgan fingerprint density at radius 2 is 1.67 bits per heavy atom. The van der Waals surface area contributed by atoms with Gasteiger partial charge in [0.25, 0.3) is 0 Å². The number of hydrogen-bond donors (Lipinski definition) is 2. The zero-order valence-electron chi connectivity index (χ0n) is 16.8. The summed E-state index contributed by atoms with van der Waals surface area (Å²) >= 11 is 0. The first-order chi connectivity index (χ1) is 14.3. The van der Waals surface area contributed by atoms with Crippen molar-refractivity contribution in [1.29, 1.82) is 0 Å². The topological polar surface area (TPSA) is 62.9 Å². The lowest BCUT2D eigenvalue weighted by molar-refractivity contribution is 0.483. The summed E-state index contributed by atoms with van der Waals surface area (Å²) in [7, 11) is 0. The zero-order valence-corrected chi connectivity index (χ0v) is 19.1.